The van der Waals surface area contributed by atoms with E-state index in [-0.39, 0.29) is 0 Å². The third kappa shape index (κ3) is 2.77. The fourth-order valence-corrected chi connectivity index (χ4v) is 3.68. The lowest BCUT2D eigenvalue weighted by Crippen LogP contribution is -2.28. The van der Waals surface area contributed by atoms with Gasteiger partial charge < -0.3 is 4.74 Å². The predicted octanol–water partition coefficient (Wildman–Crippen LogP) is 4.73. The van der Waals surface area contributed by atoms with Crippen LogP contribution in [0.15, 0.2) is 30.3 Å². The SMILES string of the molecule is c1ccc(C2CCC(C3CCCCC3)CO2)cc1. The maximum atomic E-state index is 6.13. The minimum atomic E-state index is 0.353. The first-order valence-corrected chi connectivity index (χ1v) is 7.60. The number of hydrogen-bond donors (Lipinski definition) is 0. The van der Waals surface area contributed by atoms with Crippen LogP contribution in [0.4, 0.5) is 0 Å². The molecule has 1 heterocycles. The second-order valence-electron chi connectivity index (χ2n) is 5.97. The summed E-state index contributed by atoms with van der Waals surface area (Å²) in [6.07, 6.45) is 10.2. The van der Waals surface area contributed by atoms with Crippen LogP contribution in [0.2, 0.25) is 0 Å². The van der Waals surface area contributed by atoms with Gasteiger partial charge in [-0.05, 0) is 30.2 Å². The van der Waals surface area contributed by atoms with Gasteiger partial charge in [-0.2, -0.15) is 0 Å². The highest BCUT2D eigenvalue weighted by atomic mass is 16.5. The van der Waals surface area contributed by atoms with Gasteiger partial charge in [-0.1, -0.05) is 62.4 Å². The Morgan fingerprint density at radius 3 is 2.22 bits per heavy atom. The lowest BCUT2D eigenvalue weighted by molar-refractivity contribution is -0.0383. The number of ether oxygens (including phenoxy) is 1. The van der Waals surface area contributed by atoms with E-state index < -0.39 is 0 Å². The Balaban J connectivity index is 1.54. The quantitative estimate of drug-likeness (QED) is 0.730. The van der Waals surface area contributed by atoms with E-state index in [1.54, 1.807) is 0 Å². The van der Waals surface area contributed by atoms with Crippen molar-refractivity contribution in [3.8, 4) is 0 Å². The van der Waals surface area contributed by atoms with Gasteiger partial charge in [0.15, 0.2) is 0 Å². The summed E-state index contributed by atoms with van der Waals surface area (Å²) in [6.45, 7) is 0.990. The van der Waals surface area contributed by atoms with Crippen molar-refractivity contribution in [3.63, 3.8) is 0 Å². The molecular weight excluding hydrogens is 220 g/mol. The van der Waals surface area contributed by atoms with Crippen molar-refractivity contribution in [3.05, 3.63) is 35.9 Å². The number of hydrogen-bond acceptors (Lipinski definition) is 1. The Bertz CT molecular complexity index is 345. The first-order chi connectivity index (χ1) is 8.93. The molecule has 0 bridgehead atoms. The highest BCUT2D eigenvalue weighted by Crippen LogP contribution is 2.38. The van der Waals surface area contributed by atoms with Crippen molar-refractivity contribution in [2.24, 2.45) is 11.8 Å². The van der Waals surface area contributed by atoms with Gasteiger partial charge in [0.1, 0.15) is 0 Å². The fourth-order valence-electron chi connectivity index (χ4n) is 3.68. The molecule has 1 aromatic rings. The topological polar surface area (TPSA) is 9.23 Å². The maximum Gasteiger partial charge on any atom is 0.0825 e. The van der Waals surface area contributed by atoms with E-state index in [1.165, 1.54) is 50.5 Å². The van der Waals surface area contributed by atoms with Crippen molar-refractivity contribution in [1.29, 1.82) is 0 Å². The van der Waals surface area contributed by atoms with E-state index in [9.17, 15) is 0 Å². The van der Waals surface area contributed by atoms with Crippen molar-refractivity contribution in [1.82, 2.24) is 0 Å². The maximum absolute atomic E-state index is 6.13. The molecule has 2 aliphatic rings. The van der Waals surface area contributed by atoms with Crippen molar-refractivity contribution in [2.75, 3.05) is 6.61 Å². The van der Waals surface area contributed by atoms with Gasteiger partial charge in [-0.25, -0.2) is 0 Å². The van der Waals surface area contributed by atoms with Gasteiger partial charge in [0.25, 0.3) is 0 Å². The molecule has 18 heavy (non-hydrogen) atoms. The second kappa shape index (κ2) is 5.88. The van der Waals surface area contributed by atoms with Crippen LogP contribution in [-0.2, 0) is 4.74 Å². The summed E-state index contributed by atoms with van der Waals surface area (Å²) in [7, 11) is 0. The summed E-state index contributed by atoms with van der Waals surface area (Å²) in [5.41, 5.74) is 1.36. The van der Waals surface area contributed by atoms with E-state index in [0.29, 0.717) is 6.10 Å². The summed E-state index contributed by atoms with van der Waals surface area (Å²) < 4.78 is 6.13. The van der Waals surface area contributed by atoms with Gasteiger partial charge in [-0.3, -0.25) is 0 Å². The molecule has 1 aliphatic carbocycles. The van der Waals surface area contributed by atoms with Gasteiger partial charge in [0, 0.05) is 0 Å². The van der Waals surface area contributed by atoms with Crippen LogP contribution in [0.3, 0.4) is 0 Å². The fraction of sp³-hybridized carbons (Fsp3) is 0.647. The summed E-state index contributed by atoms with van der Waals surface area (Å²) in [5, 5.41) is 0. The van der Waals surface area contributed by atoms with E-state index in [4.69, 9.17) is 4.74 Å². The third-order valence-electron chi connectivity index (χ3n) is 4.80. The molecule has 2 fully saturated rings. The van der Waals surface area contributed by atoms with E-state index in [1.807, 2.05) is 0 Å². The third-order valence-corrected chi connectivity index (χ3v) is 4.80. The van der Waals surface area contributed by atoms with Gasteiger partial charge in [0.2, 0.25) is 0 Å². The van der Waals surface area contributed by atoms with E-state index in [0.717, 1.165) is 18.4 Å². The average molecular weight is 244 g/mol. The highest BCUT2D eigenvalue weighted by molar-refractivity contribution is 5.17. The van der Waals surface area contributed by atoms with Gasteiger partial charge in [-0.15, -0.1) is 0 Å². The van der Waals surface area contributed by atoms with Crippen LogP contribution in [0.1, 0.15) is 56.6 Å². The molecule has 0 amide bonds. The van der Waals surface area contributed by atoms with Crippen molar-refractivity contribution < 1.29 is 4.74 Å². The predicted molar refractivity (Wildman–Crippen MR) is 74.4 cm³/mol. The lowest BCUT2D eigenvalue weighted by Gasteiger charge is -2.36. The molecule has 3 rings (SSSR count). The highest BCUT2D eigenvalue weighted by Gasteiger charge is 2.29. The average Bonchev–Trinajstić information content (AvgIpc) is 2.49. The lowest BCUT2D eigenvalue weighted by atomic mass is 9.77. The molecule has 0 aromatic heterocycles. The number of benzene rings is 1. The van der Waals surface area contributed by atoms with Crippen LogP contribution in [0, 0.1) is 11.8 Å². The van der Waals surface area contributed by atoms with Crippen molar-refractivity contribution >= 4 is 0 Å². The van der Waals surface area contributed by atoms with Crippen LogP contribution in [0.25, 0.3) is 0 Å². The largest absolute Gasteiger partial charge is 0.373 e. The molecule has 2 atom stereocenters. The molecule has 98 valence electrons. The Morgan fingerprint density at radius 2 is 1.56 bits per heavy atom. The molecular formula is C17H24O. The molecule has 0 spiro atoms. The number of rotatable bonds is 2. The Kier molecular flexibility index (Phi) is 3.99. The second-order valence-corrected chi connectivity index (χ2v) is 5.97. The normalized spacial score (nSPS) is 30.2. The van der Waals surface area contributed by atoms with Crippen molar-refractivity contribution in [2.45, 2.75) is 51.0 Å². The molecule has 1 aliphatic heterocycles. The summed E-state index contributed by atoms with van der Waals surface area (Å²) >= 11 is 0. The molecule has 1 saturated carbocycles. The summed E-state index contributed by atoms with van der Waals surface area (Å²) in [4.78, 5) is 0. The summed E-state index contributed by atoms with van der Waals surface area (Å²) in [6, 6.07) is 10.7. The first-order valence-electron chi connectivity index (χ1n) is 7.60. The first kappa shape index (κ1) is 12.2. The van der Waals surface area contributed by atoms with E-state index in [2.05, 4.69) is 30.3 Å². The minimum Gasteiger partial charge on any atom is -0.373 e. The van der Waals surface area contributed by atoms with Crippen LogP contribution in [0.5, 0.6) is 0 Å². The standard InChI is InChI=1S/C17H24O/c1-3-7-14(8-4-1)16-11-12-17(18-13-16)15-9-5-2-6-10-15/h2,5-6,9-10,14,16-17H,1,3-4,7-8,11-13H2. The smallest absolute Gasteiger partial charge is 0.0825 e. The Labute approximate surface area is 111 Å². The van der Waals surface area contributed by atoms with Crippen LogP contribution in [-0.4, -0.2) is 6.61 Å². The summed E-state index contributed by atoms with van der Waals surface area (Å²) in [5.74, 6) is 1.79. The van der Waals surface area contributed by atoms with Crippen LogP contribution < -0.4 is 0 Å². The van der Waals surface area contributed by atoms with E-state index >= 15 is 0 Å². The molecule has 1 nitrogen and oxygen atoms in total. The van der Waals surface area contributed by atoms with Gasteiger partial charge >= 0.3 is 0 Å². The van der Waals surface area contributed by atoms with Crippen LogP contribution >= 0.6 is 0 Å². The Hall–Kier alpha value is -0.820. The van der Waals surface area contributed by atoms with Gasteiger partial charge in [0.05, 0.1) is 12.7 Å². The molecule has 1 heteroatoms. The molecule has 0 N–H and O–H groups in total. The minimum absolute atomic E-state index is 0.353. The molecule has 1 aromatic carbocycles. The Morgan fingerprint density at radius 1 is 0.778 bits per heavy atom. The zero-order valence-electron chi connectivity index (χ0n) is 11.2. The molecule has 1 saturated heterocycles. The molecule has 2 unspecified atom stereocenters. The monoisotopic (exact) mass is 244 g/mol. The zero-order valence-corrected chi connectivity index (χ0v) is 11.2. The molecule has 0 radical (unpaired) electrons. The zero-order chi connectivity index (χ0) is 12.2.